The van der Waals surface area contributed by atoms with E-state index in [0.717, 1.165) is 22.0 Å². The van der Waals surface area contributed by atoms with Crippen LogP contribution >= 0.6 is 11.3 Å². The van der Waals surface area contributed by atoms with Gasteiger partial charge in [-0.1, -0.05) is 17.4 Å². The molecule has 0 amide bonds. The molecule has 0 unspecified atom stereocenters. The summed E-state index contributed by atoms with van der Waals surface area (Å²) in [6.45, 7) is 0. The molecule has 3 aromatic heterocycles. The first-order valence-corrected chi connectivity index (χ1v) is 6.10. The van der Waals surface area contributed by atoms with Crippen molar-refractivity contribution in [1.82, 2.24) is 19.9 Å². The van der Waals surface area contributed by atoms with Crippen LogP contribution in [-0.4, -0.2) is 19.9 Å². The zero-order valence-electron chi connectivity index (χ0n) is 9.32. The van der Waals surface area contributed by atoms with Gasteiger partial charge in [-0.3, -0.25) is 15.0 Å². The highest BCUT2D eigenvalue weighted by molar-refractivity contribution is 7.19. The van der Waals surface area contributed by atoms with Crippen LogP contribution in [0.1, 0.15) is 0 Å². The molecule has 0 saturated heterocycles. The molecule has 3 heterocycles. The van der Waals surface area contributed by atoms with Gasteiger partial charge in [-0.2, -0.15) is 0 Å². The minimum atomic E-state index is 0.497. The molecule has 0 saturated carbocycles. The molecule has 0 spiro atoms. The molecule has 0 aliphatic heterocycles. The fraction of sp³-hybridized carbons (Fsp3) is 0. The minimum absolute atomic E-state index is 0.497. The number of hydrogen-bond donors (Lipinski definition) is 1. The zero-order valence-corrected chi connectivity index (χ0v) is 10.1. The Kier molecular flexibility index (Phi) is 2.70. The van der Waals surface area contributed by atoms with E-state index in [1.54, 1.807) is 24.8 Å². The predicted molar refractivity (Wildman–Crippen MR) is 70.8 cm³/mol. The molecule has 3 rings (SSSR count). The molecule has 3 aromatic rings. The molecule has 2 N–H and O–H groups in total. The zero-order chi connectivity index (χ0) is 12.4. The Balaban J connectivity index is 2.17. The average molecular weight is 255 g/mol. The van der Waals surface area contributed by atoms with Crippen molar-refractivity contribution in [3.05, 3.63) is 43.0 Å². The highest BCUT2D eigenvalue weighted by Gasteiger charge is 2.15. The van der Waals surface area contributed by atoms with E-state index in [9.17, 15) is 0 Å². The normalized spacial score (nSPS) is 10.4. The Morgan fingerprint density at radius 2 is 1.89 bits per heavy atom. The van der Waals surface area contributed by atoms with E-state index in [-0.39, 0.29) is 0 Å². The summed E-state index contributed by atoms with van der Waals surface area (Å²) >= 11 is 1.39. The number of anilines is 1. The molecule has 18 heavy (non-hydrogen) atoms. The van der Waals surface area contributed by atoms with Crippen LogP contribution in [0.3, 0.4) is 0 Å². The number of nitrogen functional groups attached to an aromatic ring is 1. The molecule has 0 aromatic carbocycles. The van der Waals surface area contributed by atoms with Crippen molar-refractivity contribution in [2.24, 2.45) is 0 Å². The number of hydrogen-bond acceptors (Lipinski definition) is 6. The van der Waals surface area contributed by atoms with Gasteiger partial charge in [-0.05, 0) is 12.1 Å². The number of pyridine rings is 1. The number of aromatic nitrogens is 4. The third-order valence-electron chi connectivity index (χ3n) is 2.35. The maximum absolute atomic E-state index is 5.79. The smallest absolute Gasteiger partial charge is 0.181 e. The Labute approximate surface area is 107 Å². The molecular formula is C12H9N5S. The fourth-order valence-corrected chi connectivity index (χ4v) is 2.41. The molecule has 0 bridgehead atoms. The van der Waals surface area contributed by atoms with Gasteiger partial charge in [-0.25, -0.2) is 4.98 Å². The Bertz CT molecular complexity index is 594. The third-order valence-corrected chi connectivity index (χ3v) is 3.25. The number of rotatable bonds is 2. The lowest BCUT2D eigenvalue weighted by molar-refractivity contribution is 1.21. The minimum Gasteiger partial charge on any atom is -0.375 e. The second-order valence-electron chi connectivity index (χ2n) is 3.54. The van der Waals surface area contributed by atoms with Gasteiger partial charge in [0.1, 0.15) is 11.4 Å². The van der Waals surface area contributed by atoms with Crippen molar-refractivity contribution < 1.29 is 0 Å². The maximum Gasteiger partial charge on any atom is 0.181 e. The van der Waals surface area contributed by atoms with Crippen LogP contribution in [0.5, 0.6) is 0 Å². The summed E-state index contributed by atoms with van der Waals surface area (Å²) in [5, 5.41) is 0.497. The van der Waals surface area contributed by atoms with E-state index in [4.69, 9.17) is 5.73 Å². The Morgan fingerprint density at radius 1 is 1.00 bits per heavy atom. The summed E-state index contributed by atoms with van der Waals surface area (Å²) in [5.41, 5.74) is 8.07. The molecule has 0 fully saturated rings. The molecule has 88 valence electrons. The second-order valence-corrected chi connectivity index (χ2v) is 4.57. The molecule has 0 atom stereocenters. The van der Waals surface area contributed by atoms with Crippen molar-refractivity contribution >= 4 is 16.5 Å². The van der Waals surface area contributed by atoms with E-state index >= 15 is 0 Å². The third kappa shape index (κ3) is 1.93. The summed E-state index contributed by atoms with van der Waals surface area (Å²) in [6, 6.07) is 5.67. The quantitative estimate of drug-likeness (QED) is 0.759. The van der Waals surface area contributed by atoms with Gasteiger partial charge in [-0.15, -0.1) is 0 Å². The predicted octanol–water partition coefficient (Wildman–Crippen LogP) is 2.24. The van der Waals surface area contributed by atoms with Crippen LogP contribution in [0.15, 0.2) is 43.0 Å². The van der Waals surface area contributed by atoms with Crippen molar-refractivity contribution in [1.29, 1.82) is 0 Å². The monoisotopic (exact) mass is 255 g/mol. The molecule has 6 heteroatoms. The SMILES string of the molecule is Nc1nc(-c2ccccn2)c(-c2cnccn2)s1. The summed E-state index contributed by atoms with van der Waals surface area (Å²) in [6.07, 6.45) is 6.70. The van der Waals surface area contributed by atoms with Crippen LogP contribution < -0.4 is 5.73 Å². The van der Waals surface area contributed by atoms with E-state index in [1.807, 2.05) is 18.2 Å². The Hall–Kier alpha value is -2.34. The first-order valence-electron chi connectivity index (χ1n) is 5.28. The first-order chi connectivity index (χ1) is 8.84. The van der Waals surface area contributed by atoms with Crippen molar-refractivity contribution in [3.8, 4) is 22.0 Å². The van der Waals surface area contributed by atoms with Crippen LogP contribution in [0.25, 0.3) is 22.0 Å². The Morgan fingerprint density at radius 3 is 2.61 bits per heavy atom. The highest BCUT2D eigenvalue weighted by atomic mass is 32.1. The molecule has 0 aliphatic rings. The lowest BCUT2D eigenvalue weighted by Crippen LogP contribution is -1.88. The van der Waals surface area contributed by atoms with Crippen LogP contribution in [-0.2, 0) is 0 Å². The number of thiazole rings is 1. The first kappa shape index (κ1) is 10.8. The van der Waals surface area contributed by atoms with E-state index < -0.39 is 0 Å². The average Bonchev–Trinajstić information content (AvgIpc) is 2.83. The van der Waals surface area contributed by atoms with Crippen LogP contribution in [0.2, 0.25) is 0 Å². The van der Waals surface area contributed by atoms with Gasteiger partial charge in [0.25, 0.3) is 0 Å². The molecule has 0 radical (unpaired) electrons. The van der Waals surface area contributed by atoms with Crippen molar-refractivity contribution in [2.45, 2.75) is 0 Å². The van der Waals surface area contributed by atoms with E-state index in [1.165, 1.54) is 11.3 Å². The molecule has 0 aliphatic carbocycles. The number of nitrogens with zero attached hydrogens (tertiary/aromatic N) is 4. The topological polar surface area (TPSA) is 77.6 Å². The van der Waals surface area contributed by atoms with Gasteiger partial charge in [0, 0.05) is 18.6 Å². The van der Waals surface area contributed by atoms with Crippen molar-refractivity contribution in [3.63, 3.8) is 0 Å². The highest BCUT2D eigenvalue weighted by Crippen LogP contribution is 2.35. The lowest BCUT2D eigenvalue weighted by Gasteiger charge is -1.99. The molecular weight excluding hydrogens is 246 g/mol. The van der Waals surface area contributed by atoms with Crippen LogP contribution in [0.4, 0.5) is 5.13 Å². The fourth-order valence-electron chi connectivity index (χ4n) is 1.60. The summed E-state index contributed by atoms with van der Waals surface area (Å²) < 4.78 is 0. The van der Waals surface area contributed by atoms with Crippen LogP contribution in [0, 0.1) is 0 Å². The number of nitrogens with two attached hydrogens (primary N) is 1. The van der Waals surface area contributed by atoms with Gasteiger partial charge in [0.05, 0.1) is 16.8 Å². The largest absolute Gasteiger partial charge is 0.375 e. The van der Waals surface area contributed by atoms with Crippen molar-refractivity contribution in [2.75, 3.05) is 5.73 Å². The second kappa shape index (κ2) is 4.50. The maximum atomic E-state index is 5.79. The van der Waals surface area contributed by atoms with Gasteiger partial charge in [0.2, 0.25) is 0 Å². The standard InChI is InChI=1S/C12H9N5S/c13-12-17-10(8-3-1-2-4-15-8)11(18-12)9-7-14-5-6-16-9/h1-7H,(H2,13,17). The summed E-state index contributed by atoms with van der Waals surface area (Å²) in [4.78, 5) is 17.8. The molecule has 5 nitrogen and oxygen atoms in total. The van der Waals surface area contributed by atoms with Gasteiger partial charge >= 0.3 is 0 Å². The summed E-state index contributed by atoms with van der Waals surface area (Å²) in [5.74, 6) is 0. The van der Waals surface area contributed by atoms with Gasteiger partial charge in [0.15, 0.2) is 5.13 Å². The van der Waals surface area contributed by atoms with E-state index in [0.29, 0.717) is 5.13 Å². The summed E-state index contributed by atoms with van der Waals surface area (Å²) in [7, 11) is 0. The van der Waals surface area contributed by atoms with Gasteiger partial charge < -0.3 is 5.73 Å². The lowest BCUT2D eigenvalue weighted by atomic mass is 10.2. The van der Waals surface area contributed by atoms with E-state index in [2.05, 4.69) is 19.9 Å².